The summed E-state index contributed by atoms with van der Waals surface area (Å²) >= 11 is 6.19. The highest BCUT2D eigenvalue weighted by molar-refractivity contribution is 6.31. The molecule has 1 aromatic rings. The van der Waals surface area contributed by atoms with Crippen LogP contribution in [0.3, 0.4) is 0 Å². The molecule has 0 saturated carbocycles. The molecule has 0 radical (unpaired) electrons. The van der Waals surface area contributed by atoms with Gasteiger partial charge in [-0.2, -0.15) is 0 Å². The van der Waals surface area contributed by atoms with Crippen molar-refractivity contribution >= 4 is 11.6 Å². The number of hydrogen-bond acceptors (Lipinski definition) is 1. The predicted octanol–water partition coefficient (Wildman–Crippen LogP) is 4.30. The second kappa shape index (κ2) is 6.42. The smallest absolute Gasteiger partial charge is 0.0438 e. The van der Waals surface area contributed by atoms with Crippen LogP contribution in [0.2, 0.25) is 5.02 Å². The van der Waals surface area contributed by atoms with Crippen LogP contribution in [-0.4, -0.2) is 12.1 Å². The molecule has 0 spiro atoms. The van der Waals surface area contributed by atoms with Crippen LogP contribution in [0.4, 0.5) is 0 Å². The first-order valence-electron chi connectivity index (χ1n) is 6.41. The second-order valence-corrected chi connectivity index (χ2v) is 6.11. The average Bonchev–Trinajstić information content (AvgIpc) is 2.25. The van der Waals surface area contributed by atoms with E-state index in [0.717, 1.165) is 18.0 Å². The number of nitrogens with one attached hydrogen (secondary N) is 1. The van der Waals surface area contributed by atoms with Crippen molar-refractivity contribution in [1.82, 2.24) is 5.32 Å². The van der Waals surface area contributed by atoms with E-state index < -0.39 is 0 Å². The largest absolute Gasteiger partial charge is 0.312 e. The first kappa shape index (κ1) is 14.5. The molecule has 0 heterocycles. The SMILES string of the molecule is CCC(CNC(C)(C)C)Cc1ccccc1Cl. The van der Waals surface area contributed by atoms with Crippen LogP contribution in [0.25, 0.3) is 0 Å². The third-order valence-corrected chi connectivity index (χ3v) is 3.33. The summed E-state index contributed by atoms with van der Waals surface area (Å²) in [6, 6.07) is 8.15. The molecule has 1 aromatic carbocycles. The van der Waals surface area contributed by atoms with Gasteiger partial charge >= 0.3 is 0 Å². The Morgan fingerprint density at radius 2 is 1.88 bits per heavy atom. The van der Waals surface area contributed by atoms with Crippen molar-refractivity contribution in [3.05, 3.63) is 34.9 Å². The van der Waals surface area contributed by atoms with Gasteiger partial charge in [-0.05, 0) is 51.3 Å². The Kier molecular flexibility index (Phi) is 5.48. The van der Waals surface area contributed by atoms with E-state index in [9.17, 15) is 0 Å². The summed E-state index contributed by atoms with van der Waals surface area (Å²) in [7, 11) is 0. The quantitative estimate of drug-likeness (QED) is 0.825. The highest BCUT2D eigenvalue weighted by Crippen LogP contribution is 2.20. The average molecular weight is 254 g/mol. The lowest BCUT2D eigenvalue weighted by molar-refractivity contribution is 0.363. The summed E-state index contributed by atoms with van der Waals surface area (Å²) in [4.78, 5) is 0. The van der Waals surface area contributed by atoms with Gasteiger partial charge in [0.25, 0.3) is 0 Å². The van der Waals surface area contributed by atoms with Crippen molar-refractivity contribution in [2.24, 2.45) is 5.92 Å². The van der Waals surface area contributed by atoms with Crippen molar-refractivity contribution in [2.45, 2.75) is 46.1 Å². The van der Waals surface area contributed by atoms with Gasteiger partial charge in [0.05, 0.1) is 0 Å². The molecule has 0 saturated heterocycles. The fourth-order valence-electron chi connectivity index (χ4n) is 1.79. The van der Waals surface area contributed by atoms with Gasteiger partial charge in [-0.1, -0.05) is 43.1 Å². The Balaban J connectivity index is 2.56. The zero-order chi connectivity index (χ0) is 12.9. The Bertz CT molecular complexity index is 341. The van der Waals surface area contributed by atoms with Crippen molar-refractivity contribution < 1.29 is 0 Å². The second-order valence-electron chi connectivity index (χ2n) is 5.70. The minimum atomic E-state index is 0.188. The lowest BCUT2D eigenvalue weighted by Crippen LogP contribution is -2.39. The third kappa shape index (κ3) is 5.56. The Labute approximate surface area is 111 Å². The zero-order valence-electron chi connectivity index (χ0n) is 11.4. The van der Waals surface area contributed by atoms with E-state index in [1.165, 1.54) is 12.0 Å². The highest BCUT2D eigenvalue weighted by atomic mass is 35.5. The van der Waals surface area contributed by atoms with Crippen LogP contribution in [0.5, 0.6) is 0 Å². The Hall–Kier alpha value is -0.530. The molecule has 17 heavy (non-hydrogen) atoms. The fraction of sp³-hybridized carbons (Fsp3) is 0.600. The van der Waals surface area contributed by atoms with Gasteiger partial charge in [0.2, 0.25) is 0 Å². The van der Waals surface area contributed by atoms with Crippen LogP contribution < -0.4 is 5.32 Å². The fourth-order valence-corrected chi connectivity index (χ4v) is 2.00. The molecule has 0 fully saturated rings. The number of hydrogen-bond donors (Lipinski definition) is 1. The molecule has 96 valence electrons. The van der Waals surface area contributed by atoms with E-state index in [1.54, 1.807) is 0 Å². The monoisotopic (exact) mass is 253 g/mol. The molecule has 1 atom stereocenters. The standard InChI is InChI=1S/C15H24ClN/c1-5-12(11-17-15(2,3)4)10-13-8-6-7-9-14(13)16/h6-9,12,17H,5,10-11H2,1-4H3. The topological polar surface area (TPSA) is 12.0 Å². The van der Waals surface area contributed by atoms with E-state index in [2.05, 4.69) is 45.1 Å². The molecular formula is C15H24ClN. The molecule has 0 aromatic heterocycles. The summed E-state index contributed by atoms with van der Waals surface area (Å²) in [6.45, 7) is 9.90. The molecule has 1 N–H and O–H groups in total. The summed E-state index contributed by atoms with van der Waals surface area (Å²) in [5, 5.41) is 4.46. The van der Waals surface area contributed by atoms with Crippen LogP contribution in [0, 0.1) is 5.92 Å². The third-order valence-electron chi connectivity index (χ3n) is 2.96. The predicted molar refractivity (Wildman–Crippen MR) is 76.7 cm³/mol. The van der Waals surface area contributed by atoms with Gasteiger partial charge in [0.15, 0.2) is 0 Å². The lowest BCUT2D eigenvalue weighted by atomic mass is 9.95. The maximum absolute atomic E-state index is 6.19. The molecule has 0 amide bonds. The summed E-state index contributed by atoms with van der Waals surface area (Å²) in [5.41, 5.74) is 1.45. The molecule has 0 bridgehead atoms. The van der Waals surface area contributed by atoms with Crippen LogP contribution in [0.1, 0.15) is 39.7 Å². The van der Waals surface area contributed by atoms with Gasteiger partial charge in [-0.25, -0.2) is 0 Å². The first-order chi connectivity index (χ1) is 7.92. The molecule has 1 unspecified atom stereocenters. The van der Waals surface area contributed by atoms with Crippen LogP contribution >= 0.6 is 11.6 Å². The first-order valence-corrected chi connectivity index (χ1v) is 6.78. The van der Waals surface area contributed by atoms with Crippen molar-refractivity contribution in [3.8, 4) is 0 Å². The van der Waals surface area contributed by atoms with Gasteiger partial charge in [0, 0.05) is 10.6 Å². The van der Waals surface area contributed by atoms with Crippen molar-refractivity contribution in [2.75, 3.05) is 6.54 Å². The van der Waals surface area contributed by atoms with Gasteiger partial charge in [-0.15, -0.1) is 0 Å². The molecule has 0 aliphatic rings. The van der Waals surface area contributed by atoms with E-state index >= 15 is 0 Å². The van der Waals surface area contributed by atoms with Gasteiger partial charge in [-0.3, -0.25) is 0 Å². The highest BCUT2D eigenvalue weighted by Gasteiger charge is 2.14. The Morgan fingerprint density at radius 3 is 2.41 bits per heavy atom. The molecular weight excluding hydrogens is 230 g/mol. The van der Waals surface area contributed by atoms with E-state index in [-0.39, 0.29) is 5.54 Å². The summed E-state index contributed by atoms with van der Waals surface area (Å²) in [5.74, 6) is 0.647. The normalized spacial score (nSPS) is 13.7. The van der Waals surface area contributed by atoms with Gasteiger partial charge < -0.3 is 5.32 Å². The molecule has 0 aliphatic heterocycles. The number of halogens is 1. The van der Waals surface area contributed by atoms with E-state index in [4.69, 9.17) is 11.6 Å². The van der Waals surface area contributed by atoms with Crippen LogP contribution in [-0.2, 0) is 6.42 Å². The van der Waals surface area contributed by atoms with Gasteiger partial charge in [0.1, 0.15) is 0 Å². The summed E-state index contributed by atoms with van der Waals surface area (Å²) in [6.07, 6.45) is 2.23. The minimum absolute atomic E-state index is 0.188. The molecule has 0 aliphatic carbocycles. The molecule has 1 nitrogen and oxygen atoms in total. The zero-order valence-corrected chi connectivity index (χ0v) is 12.1. The maximum Gasteiger partial charge on any atom is 0.0438 e. The van der Waals surface area contributed by atoms with E-state index in [0.29, 0.717) is 5.92 Å². The van der Waals surface area contributed by atoms with Crippen LogP contribution in [0.15, 0.2) is 24.3 Å². The molecule has 2 heteroatoms. The Morgan fingerprint density at radius 1 is 1.24 bits per heavy atom. The minimum Gasteiger partial charge on any atom is -0.312 e. The number of rotatable bonds is 5. The van der Waals surface area contributed by atoms with Crippen molar-refractivity contribution in [3.63, 3.8) is 0 Å². The van der Waals surface area contributed by atoms with E-state index in [1.807, 2.05) is 12.1 Å². The van der Waals surface area contributed by atoms with Crippen molar-refractivity contribution in [1.29, 1.82) is 0 Å². The summed E-state index contributed by atoms with van der Waals surface area (Å²) < 4.78 is 0. The maximum atomic E-state index is 6.19. The lowest BCUT2D eigenvalue weighted by Gasteiger charge is -2.25. The number of benzene rings is 1. The molecule has 1 rings (SSSR count).